The number of nitrogens with zero attached hydrogens (tertiary/aromatic N) is 1. The first-order valence-electron chi connectivity index (χ1n) is 5.50. The number of aromatic nitrogens is 1. The molecular formula is C13H9F3N2OS. The molecule has 0 aliphatic rings. The number of hydrogen-bond donors (Lipinski definition) is 2. The van der Waals surface area contributed by atoms with Crippen molar-refractivity contribution in [3.05, 3.63) is 53.9 Å². The molecule has 1 N–H and O–H groups in total. The number of rotatable bonds is 2. The van der Waals surface area contributed by atoms with Gasteiger partial charge in [-0.1, -0.05) is 12.1 Å². The van der Waals surface area contributed by atoms with Gasteiger partial charge in [0.15, 0.2) is 0 Å². The van der Waals surface area contributed by atoms with Gasteiger partial charge in [-0.25, -0.2) is 4.98 Å². The van der Waals surface area contributed by atoms with E-state index in [-0.39, 0.29) is 5.69 Å². The van der Waals surface area contributed by atoms with Crippen molar-refractivity contribution < 1.29 is 18.0 Å². The van der Waals surface area contributed by atoms with Crippen molar-refractivity contribution in [1.82, 2.24) is 4.98 Å². The third-order valence-corrected chi connectivity index (χ3v) is 2.85. The molecule has 0 unspecified atom stereocenters. The highest BCUT2D eigenvalue weighted by Gasteiger charge is 2.32. The van der Waals surface area contributed by atoms with E-state index < -0.39 is 17.8 Å². The van der Waals surface area contributed by atoms with Crippen molar-refractivity contribution in [3.63, 3.8) is 0 Å². The molecule has 0 fully saturated rings. The minimum absolute atomic E-state index is 0.180. The Morgan fingerprint density at radius 2 is 1.85 bits per heavy atom. The molecule has 1 aromatic heterocycles. The van der Waals surface area contributed by atoms with Crippen molar-refractivity contribution in [2.75, 3.05) is 5.32 Å². The predicted octanol–water partition coefficient (Wildman–Crippen LogP) is 3.64. The van der Waals surface area contributed by atoms with Crippen LogP contribution >= 0.6 is 12.6 Å². The SMILES string of the molecule is O=C(Nc1ccc(C(F)(F)F)nc1)c1ccccc1S. The van der Waals surface area contributed by atoms with Crippen LogP contribution < -0.4 is 5.32 Å². The highest BCUT2D eigenvalue weighted by atomic mass is 32.1. The van der Waals surface area contributed by atoms with Crippen LogP contribution in [-0.2, 0) is 6.18 Å². The molecule has 20 heavy (non-hydrogen) atoms. The largest absolute Gasteiger partial charge is 0.433 e. The summed E-state index contributed by atoms with van der Waals surface area (Å²) < 4.78 is 37.0. The molecule has 2 aromatic rings. The van der Waals surface area contributed by atoms with E-state index in [2.05, 4.69) is 22.9 Å². The topological polar surface area (TPSA) is 42.0 Å². The number of thiol groups is 1. The third kappa shape index (κ3) is 3.30. The van der Waals surface area contributed by atoms with Crippen LogP contribution in [0.15, 0.2) is 47.5 Å². The Balaban J connectivity index is 2.15. The number of amides is 1. The summed E-state index contributed by atoms with van der Waals surface area (Å²) in [6.07, 6.45) is -3.54. The average molecular weight is 298 g/mol. The number of pyridine rings is 1. The maximum atomic E-state index is 12.3. The van der Waals surface area contributed by atoms with Crippen LogP contribution in [0.1, 0.15) is 16.1 Å². The van der Waals surface area contributed by atoms with E-state index in [1.165, 1.54) is 0 Å². The second-order valence-electron chi connectivity index (χ2n) is 3.90. The summed E-state index contributed by atoms with van der Waals surface area (Å²) >= 11 is 4.13. The highest BCUT2D eigenvalue weighted by molar-refractivity contribution is 7.80. The van der Waals surface area contributed by atoms with Crippen molar-refractivity contribution >= 4 is 24.2 Å². The van der Waals surface area contributed by atoms with E-state index in [1.54, 1.807) is 24.3 Å². The first-order valence-corrected chi connectivity index (χ1v) is 5.95. The molecule has 0 spiro atoms. The highest BCUT2D eigenvalue weighted by Crippen LogP contribution is 2.27. The molecule has 3 nitrogen and oxygen atoms in total. The Morgan fingerprint density at radius 3 is 2.40 bits per heavy atom. The lowest BCUT2D eigenvalue weighted by Crippen LogP contribution is -2.14. The molecule has 0 bridgehead atoms. The minimum atomic E-state index is -4.50. The Morgan fingerprint density at radius 1 is 1.15 bits per heavy atom. The van der Waals surface area contributed by atoms with E-state index in [4.69, 9.17) is 0 Å². The lowest BCUT2D eigenvalue weighted by molar-refractivity contribution is -0.141. The number of anilines is 1. The van der Waals surface area contributed by atoms with E-state index in [1.807, 2.05) is 0 Å². The Kier molecular flexibility index (Phi) is 3.99. The zero-order valence-electron chi connectivity index (χ0n) is 9.98. The summed E-state index contributed by atoms with van der Waals surface area (Å²) in [5, 5.41) is 2.46. The molecule has 1 aromatic carbocycles. The quantitative estimate of drug-likeness (QED) is 0.831. The van der Waals surface area contributed by atoms with Gasteiger partial charge < -0.3 is 5.32 Å². The van der Waals surface area contributed by atoms with Gasteiger partial charge in [0.2, 0.25) is 0 Å². The number of alkyl halides is 3. The molecule has 0 saturated carbocycles. The lowest BCUT2D eigenvalue weighted by Gasteiger charge is -2.08. The molecule has 7 heteroatoms. The number of nitrogens with one attached hydrogen (secondary N) is 1. The normalized spacial score (nSPS) is 11.2. The van der Waals surface area contributed by atoms with Crippen LogP contribution in [0.5, 0.6) is 0 Å². The fraction of sp³-hybridized carbons (Fsp3) is 0.0769. The first-order chi connectivity index (χ1) is 9.38. The van der Waals surface area contributed by atoms with Crippen LogP contribution in [0.25, 0.3) is 0 Å². The number of benzene rings is 1. The zero-order chi connectivity index (χ0) is 14.8. The lowest BCUT2D eigenvalue weighted by atomic mass is 10.2. The fourth-order valence-electron chi connectivity index (χ4n) is 1.50. The van der Waals surface area contributed by atoms with Crippen LogP contribution in [0, 0.1) is 0 Å². The summed E-state index contributed by atoms with van der Waals surface area (Å²) in [6, 6.07) is 8.55. The van der Waals surface area contributed by atoms with E-state index >= 15 is 0 Å². The van der Waals surface area contributed by atoms with Crippen LogP contribution in [0.4, 0.5) is 18.9 Å². The third-order valence-electron chi connectivity index (χ3n) is 2.46. The van der Waals surface area contributed by atoms with Gasteiger partial charge in [-0.3, -0.25) is 4.79 Å². The first kappa shape index (κ1) is 14.4. The predicted molar refractivity (Wildman–Crippen MR) is 70.9 cm³/mol. The number of halogens is 3. The molecule has 0 atom stereocenters. The Hall–Kier alpha value is -2.02. The van der Waals surface area contributed by atoms with Crippen molar-refractivity contribution in [1.29, 1.82) is 0 Å². The zero-order valence-corrected chi connectivity index (χ0v) is 10.9. The van der Waals surface area contributed by atoms with Crippen molar-refractivity contribution in [2.45, 2.75) is 11.1 Å². The summed E-state index contributed by atoms with van der Waals surface area (Å²) in [5.41, 5.74) is -0.500. The molecule has 104 valence electrons. The van der Waals surface area contributed by atoms with Gasteiger partial charge in [0.05, 0.1) is 17.4 Å². The summed E-state index contributed by atoms with van der Waals surface area (Å²) in [5.74, 6) is -0.461. The Labute approximate surface area is 118 Å². The van der Waals surface area contributed by atoms with Gasteiger partial charge in [-0.05, 0) is 24.3 Å². The number of carbonyl (C=O) groups is 1. The standard InChI is InChI=1S/C13H9F3N2OS/c14-13(15,16)11-6-5-8(7-17-11)18-12(19)9-3-1-2-4-10(9)20/h1-7,20H,(H,18,19). The summed E-state index contributed by atoms with van der Waals surface area (Å²) in [7, 11) is 0. The van der Waals surface area contributed by atoms with Crippen molar-refractivity contribution in [3.8, 4) is 0 Å². The molecule has 2 rings (SSSR count). The van der Waals surface area contributed by atoms with Crippen LogP contribution in [-0.4, -0.2) is 10.9 Å². The minimum Gasteiger partial charge on any atom is -0.321 e. The molecule has 0 aliphatic carbocycles. The van der Waals surface area contributed by atoms with Crippen LogP contribution in [0.2, 0.25) is 0 Å². The summed E-state index contributed by atoms with van der Waals surface area (Å²) in [4.78, 5) is 15.6. The van der Waals surface area contributed by atoms with Gasteiger partial charge in [0.1, 0.15) is 5.69 Å². The monoisotopic (exact) mass is 298 g/mol. The average Bonchev–Trinajstić information content (AvgIpc) is 2.38. The molecular weight excluding hydrogens is 289 g/mol. The Bertz CT molecular complexity index is 626. The molecule has 0 aliphatic heterocycles. The molecule has 1 amide bonds. The van der Waals surface area contributed by atoms with E-state index in [9.17, 15) is 18.0 Å². The van der Waals surface area contributed by atoms with Gasteiger partial charge in [0.25, 0.3) is 5.91 Å². The second kappa shape index (κ2) is 5.54. The van der Waals surface area contributed by atoms with E-state index in [0.717, 1.165) is 18.3 Å². The van der Waals surface area contributed by atoms with Gasteiger partial charge >= 0.3 is 6.18 Å². The fourth-order valence-corrected chi connectivity index (χ4v) is 1.76. The van der Waals surface area contributed by atoms with Crippen molar-refractivity contribution in [2.24, 2.45) is 0 Å². The maximum absolute atomic E-state index is 12.3. The van der Waals surface area contributed by atoms with Gasteiger partial charge in [-0.2, -0.15) is 13.2 Å². The smallest absolute Gasteiger partial charge is 0.321 e. The van der Waals surface area contributed by atoms with Crippen LogP contribution in [0.3, 0.4) is 0 Å². The van der Waals surface area contributed by atoms with Gasteiger partial charge in [0, 0.05) is 4.90 Å². The summed E-state index contributed by atoms with van der Waals surface area (Å²) in [6.45, 7) is 0. The van der Waals surface area contributed by atoms with Gasteiger partial charge in [-0.15, -0.1) is 12.6 Å². The molecule has 0 radical (unpaired) electrons. The molecule has 1 heterocycles. The number of carbonyl (C=O) groups excluding carboxylic acids is 1. The second-order valence-corrected chi connectivity index (χ2v) is 4.38. The number of hydrogen-bond acceptors (Lipinski definition) is 3. The maximum Gasteiger partial charge on any atom is 0.433 e. The van der Waals surface area contributed by atoms with E-state index in [0.29, 0.717) is 10.5 Å². The molecule has 0 saturated heterocycles.